The van der Waals surface area contributed by atoms with Crippen molar-refractivity contribution in [1.82, 2.24) is 9.80 Å². The van der Waals surface area contributed by atoms with E-state index in [1.165, 1.54) is 82.9 Å². The first kappa shape index (κ1) is 19.9. The summed E-state index contributed by atoms with van der Waals surface area (Å²) < 4.78 is 0. The largest absolute Gasteiger partial charge is 0.352 e. The van der Waals surface area contributed by atoms with Gasteiger partial charge in [-0.2, -0.15) is 0 Å². The molecule has 0 saturated heterocycles. The molecule has 2 heteroatoms. The summed E-state index contributed by atoms with van der Waals surface area (Å²) in [5, 5.41) is 0. The fourth-order valence-electron chi connectivity index (χ4n) is 3.72. The monoisotopic (exact) mass is 342 g/mol. The summed E-state index contributed by atoms with van der Waals surface area (Å²) in [6, 6.07) is 11.0. The Morgan fingerprint density at radius 3 is 1.68 bits per heavy atom. The molecule has 1 aromatic carbocycles. The van der Waals surface area contributed by atoms with Crippen LogP contribution >= 0.6 is 0 Å². The average molecular weight is 343 g/mol. The quantitative estimate of drug-likeness (QED) is 0.367. The molecule has 0 radical (unpaired) electrons. The van der Waals surface area contributed by atoms with E-state index in [1.807, 2.05) is 0 Å². The average Bonchev–Trinajstić information content (AvgIpc) is 3.05. The van der Waals surface area contributed by atoms with Crippen molar-refractivity contribution < 1.29 is 0 Å². The highest BCUT2D eigenvalue weighted by Gasteiger charge is 2.26. The molecule has 0 fully saturated rings. The minimum atomic E-state index is 0.401. The number of rotatable bonds is 13. The Kier molecular flexibility index (Phi) is 9.54. The predicted octanol–water partition coefficient (Wildman–Crippen LogP) is 6.71. The Morgan fingerprint density at radius 2 is 1.12 bits per heavy atom. The minimum Gasteiger partial charge on any atom is -0.352 e. The summed E-state index contributed by atoms with van der Waals surface area (Å²) in [6.45, 7) is 6.91. The molecule has 25 heavy (non-hydrogen) atoms. The van der Waals surface area contributed by atoms with Gasteiger partial charge in [0.05, 0.1) is 0 Å². The van der Waals surface area contributed by atoms with Crippen LogP contribution < -0.4 is 0 Å². The highest BCUT2D eigenvalue weighted by atomic mass is 15.4. The van der Waals surface area contributed by atoms with Gasteiger partial charge in [-0.05, 0) is 18.4 Å². The van der Waals surface area contributed by atoms with Crippen molar-refractivity contribution in [3.05, 3.63) is 48.3 Å². The number of nitrogens with zero attached hydrogens (tertiary/aromatic N) is 2. The molecule has 0 amide bonds. The summed E-state index contributed by atoms with van der Waals surface area (Å²) >= 11 is 0. The maximum Gasteiger partial charge on any atom is 0.127 e. The lowest BCUT2D eigenvalue weighted by atomic mass is 10.1. The smallest absolute Gasteiger partial charge is 0.127 e. The minimum absolute atomic E-state index is 0.401. The molecule has 1 unspecified atom stereocenters. The molecule has 1 aliphatic rings. The first-order valence-corrected chi connectivity index (χ1v) is 10.6. The van der Waals surface area contributed by atoms with Gasteiger partial charge < -0.3 is 9.80 Å². The lowest BCUT2D eigenvalue weighted by Crippen LogP contribution is -2.32. The van der Waals surface area contributed by atoms with Crippen LogP contribution in [0.2, 0.25) is 0 Å². The van der Waals surface area contributed by atoms with Gasteiger partial charge in [-0.1, -0.05) is 95.5 Å². The predicted molar refractivity (Wildman–Crippen MR) is 109 cm³/mol. The van der Waals surface area contributed by atoms with Gasteiger partial charge in [0.1, 0.15) is 6.17 Å². The van der Waals surface area contributed by atoms with Crippen molar-refractivity contribution in [2.75, 3.05) is 13.1 Å². The molecule has 0 aliphatic carbocycles. The standard InChI is InChI=1S/C23H38N2/c1-3-5-7-9-10-15-19-25-21-20-24(18-14-8-6-4-2)23(25)22-16-12-11-13-17-22/h11-13,16-17,20-21,23H,3-10,14-15,18-19H2,1-2H3. The van der Waals surface area contributed by atoms with Crippen molar-refractivity contribution >= 4 is 0 Å². The molecule has 2 nitrogen and oxygen atoms in total. The molecule has 0 spiro atoms. The zero-order chi connectivity index (χ0) is 17.7. The van der Waals surface area contributed by atoms with Gasteiger partial charge in [0.15, 0.2) is 0 Å². The summed E-state index contributed by atoms with van der Waals surface area (Å²) in [5.74, 6) is 0. The van der Waals surface area contributed by atoms with E-state index in [0.29, 0.717) is 6.17 Å². The molecular weight excluding hydrogens is 304 g/mol. The molecule has 2 rings (SSSR count). The van der Waals surface area contributed by atoms with E-state index in [-0.39, 0.29) is 0 Å². The van der Waals surface area contributed by atoms with Crippen LogP contribution in [0.1, 0.15) is 89.8 Å². The van der Waals surface area contributed by atoms with E-state index in [2.05, 4.69) is 66.4 Å². The fraction of sp³-hybridized carbons (Fsp3) is 0.652. The van der Waals surface area contributed by atoms with Crippen molar-refractivity contribution in [1.29, 1.82) is 0 Å². The van der Waals surface area contributed by atoms with Gasteiger partial charge >= 0.3 is 0 Å². The Morgan fingerprint density at radius 1 is 0.640 bits per heavy atom. The second-order valence-electron chi connectivity index (χ2n) is 7.39. The van der Waals surface area contributed by atoms with Crippen molar-refractivity contribution in [3.8, 4) is 0 Å². The zero-order valence-corrected chi connectivity index (χ0v) is 16.5. The van der Waals surface area contributed by atoms with E-state index in [1.54, 1.807) is 0 Å². The Hall–Kier alpha value is -1.44. The fourth-order valence-corrected chi connectivity index (χ4v) is 3.72. The third-order valence-electron chi connectivity index (χ3n) is 5.22. The van der Waals surface area contributed by atoms with Gasteiger partial charge in [-0.25, -0.2) is 0 Å². The highest BCUT2D eigenvalue weighted by Crippen LogP contribution is 2.31. The molecular formula is C23H38N2. The maximum absolute atomic E-state index is 2.55. The summed E-state index contributed by atoms with van der Waals surface area (Å²) in [4.78, 5) is 5.09. The van der Waals surface area contributed by atoms with Crippen LogP contribution in [0.3, 0.4) is 0 Å². The van der Waals surface area contributed by atoms with Crippen LogP contribution in [0.5, 0.6) is 0 Å². The van der Waals surface area contributed by atoms with Gasteiger partial charge in [-0.3, -0.25) is 0 Å². The molecule has 1 heterocycles. The lowest BCUT2D eigenvalue weighted by Gasteiger charge is -2.33. The van der Waals surface area contributed by atoms with Crippen LogP contribution in [0.25, 0.3) is 0 Å². The first-order valence-electron chi connectivity index (χ1n) is 10.6. The maximum atomic E-state index is 2.55. The van der Waals surface area contributed by atoms with E-state index in [4.69, 9.17) is 0 Å². The number of unbranched alkanes of at least 4 members (excludes halogenated alkanes) is 8. The van der Waals surface area contributed by atoms with Crippen LogP contribution in [0, 0.1) is 0 Å². The third-order valence-corrected chi connectivity index (χ3v) is 5.22. The first-order chi connectivity index (χ1) is 12.4. The highest BCUT2D eigenvalue weighted by molar-refractivity contribution is 5.21. The molecule has 1 aromatic rings. The topological polar surface area (TPSA) is 6.48 Å². The molecule has 1 aliphatic heterocycles. The molecule has 0 N–H and O–H groups in total. The second-order valence-corrected chi connectivity index (χ2v) is 7.39. The Labute approximate surface area is 155 Å². The van der Waals surface area contributed by atoms with Gasteiger partial charge in [0.25, 0.3) is 0 Å². The number of hydrogen-bond donors (Lipinski definition) is 0. The van der Waals surface area contributed by atoms with Crippen LogP contribution in [0.4, 0.5) is 0 Å². The van der Waals surface area contributed by atoms with E-state index in [9.17, 15) is 0 Å². The summed E-state index contributed by atoms with van der Waals surface area (Å²) in [7, 11) is 0. The lowest BCUT2D eigenvalue weighted by molar-refractivity contribution is 0.150. The van der Waals surface area contributed by atoms with Crippen molar-refractivity contribution in [2.24, 2.45) is 0 Å². The molecule has 140 valence electrons. The third kappa shape index (κ3) is 6.76. The molecule has 1 atom stereocenters. The second kappa shape index (κ2) is 12.0. The molecule has 0 saturated carbocycles. The van der Waals surface area contributed by atoms with E-state index in [0.717, 1.165) is 0 Å². The normalized spacial score (nSPS) is 16.8. The summed E-state index contributed by atoms with van der Waals surface area (Å²) in [5.41, 5.74) is 1.42. The summed E-state index contributed by atoms with van der Waals surface area (Å²) in [6.07, 6.45) is 18.5. The SMILES string of the molecule is CCCCCCCCN1C=CN(CCCCCC)C1c1ccccc1. The van der Waals surface area contributed by atoms with Gasteiger partial charge in [-0.15, -0.1) is 0 Å². The van der Waals surface area contributed by atoms with Gasteiger partial charge in [0, 0.05) is 25.5 Å². The number of benzene rings is 1. The van der Waals surface area contributed by atoms with Crippen LogP contribution in [-0.4, -0.2) is 22.9 Å². The number of hydrogen-bond acceptors (Lipinski definition) is 2. The van der Waals surface area contributed by atoms with Crippen molar-refractivity contribution in [3.63, 3.8) is 0 Å². The van der Waals surface area contributed by atoms with Gasteiger partial charge in [0.2, 0.25) is 0 Å². The Balaban J connectivity index is 1.86. The van der Waals surface area contributed by atoms with Crippen LogP contribution in [-0.2, 0) is 0 Å². The van der Waals surface area contributed by atoms with Crippen LogP contribution in [0.15, 0.2) is 42.7 Å². The molecule has 0 aromatic heterocycles. The Bertz CT molecular complexity index is 468. The van der Waals surface area contributed by atoms with Crippen molar-refractivity contribution in [2.45, 2.75) is 84.2 Å². The van der Waals surface area contributed by atoms with E-state index >= 15 is 0 Å². The molecule has 0 bridgehead atoms. The zero-order valence-electron chi connectivity index (χ0n) is 16.5. The van der Waals surface area contributed by atoms with E-state index < -0.39 is 0 Å².